The third-order valence-corrected chi connectivity index (χ3v) is 3.07. The van der Waals surface area contributed by atoms with Crippen LogP contribution in [0.2, 0.25) is 0 Å². The van der Waals surface area contributed by atoms with Gasteiger partial charge in [0.15, 0.2) is 0 Å². The van der Waals surface area contributed by atoms with E-state index in [1.807, 2.05) is 0 Å². The quantitative estimate of drug-likeness (QED) is 0.702. The molecule has 2 heterocycles. The molecule has 0 atom stereocenters. The minimum Gasteiger partial charge on any atom is -0.381 e. The monoisotopic (exact) mass is 194 g/mol. The van der Waals surface area contributed by atoms with Crippen LogP contribution < -0.4 is 0 Å². The first-order chi connectivity index (χ1) is 6.45. The maximum absolute atomic E-state index is 5.30. The fourth-order valence-corrected chi connectivity index (χ4v) is 2.15. The van der Waals surface area contributed by atoms with Crippen molar-refractivity contribution in [1.82, 2.24) is 0 Å². The molecule has 2 heteroatoms. The third-order valence-electron chi connectivity index (χ3n) is 2.37. The van der Waals surface area contributed by atoms with Crippen LogP contribution in [0.25, 0.3) is 6.08 Å². The predicted molar refractivity (Wildman–Crippen MR) is 56.9 cm³/mol. The van der Waals surface area contributed by atoms with Crippen LogP contribution in [0.4, 0.5) is 0 Å². The van der Waals surface area contributed by atoms with Gasteiger partial charge >= 0.3 is 0 Å². The van der Waals surface area contributed by atoms with Gasteiger partial charge in [0.25, 0.3) is 0 Å². The fraction of sp³-hybridized carbons (Fsp3) is 0.455. The molecule has 1 aromatic heterocycles. The molecular weight excluding hydrogens is 180 g/mol. The van der Waals surface area contributed by atoms with Crippen LogP contribution in [0.1, 0.15) is 18.4 Å². The number of ether oxygens (including phenoxy) is 1. The maximum atomic E-state index is 5.30. The molecule has 1 fully saturated rings. The second-order valence-electron chi connectivity index (χ2n) is 3.37. The van der Waals surface area contributed by atoms with E-state index >= 15 is 0 Å². The van der Waals surface area contributed by atoms with E-state index < -0.39 is 0 Å². The molecule has 1 aromatic rings. The molecule has 0 spiro atoms. The van der Waals surface area contributed by atoms with Crippen LogP contribution in [0.5, 0.6) is 0 Å². The summed E-state index contributed by atoms with van der Waals surface area (Å²) in [6, 6.07) is 2.15. The van der Waals surface area contributed by atoms with Gasteiger partial charge in [0, 0.05) is 13.2 Å². The Kier molecular flexibility index (Phi) is 3.16. The van der Waals surface area contributed by atoms with Crippen molar-refractivity contribution in [1.29, 1.82) is 0 Å². The molecule has 0 aliphatic carbocycles. The summed E-state index contributed by atoms with van der Waals surface area (Å²) in [6.07, 6.45) is 6.92. The molecule has 1 saturated heterocycles. The fourth-order valence-electron chi connectivity index (χ4n) is 1.53. The first-order valence-corrected chi connectivity index (χ1v) is 5.67. The van der Waals surface area contributed by atoms with Crippen LogP contribution in [0, 0.1) is 5.92 Å². The first kappa shape index (κ1) is 8.97. The number of allylic oxidation sites excluding steroid dienone is 1. The Bertz CT molecular complexity index is 258. The van der Waals surface area contributed by atoms with Gasteiger partial charge in [-0.1, -0.05) is 12.2 Å². The van der Waals surface area contributed by atoms with E-state index in [-0.39, 0.29) is 0 Å². The van der Waals surface area contributed by atoms with Crippen LogP contribution in [0.3, 0.4) is 0 Å². The number of hydrogen-bond acceptors (Lipinski definition) is 2. The van der Waals surface area contributed by atoms with E-state index in [1.165, 1.54) is 18.4 Å². The van der Waals surface area contributed by atoms with Gasteiger partial charge in [-0.25, -0.2) is 0 Å². The molecule has 0 aromatic carbocycles. The SMILES string of the molecule is C(=C\C1CCOCC1)/c1ccsc1. The summed E-state index contributed by atoms with van der Waals surface area (Å²) in [5.74, 6) is 0.730. The van der Waals surface area contributed by atoms with Crippen molar-refractivity contribution < 1.29 is 4.74 Å². The molecule has 1 aliphatic rings. The number of thiophene rings is 1. The molecule has 70 valence electrons. The molecule has 13 heavy (non-hydrogen) atoms. The van der Waals surface area contributed by atoms with Crippen molar-refractivity contribution in [3.8, 4) is 0 Å². The Balaban J connectivity index is 1.89. The Labute approximate surface area is 83.0 Å². The van der Waals surface area contributed by atoms with E-state index in [2.05, 4.69) is 29.0 Å². The molecule has 1 aliphatic heterocycles. The summed E-state index contributed by atoms with van der Waals surface area (Å²) in [7, 11) is 0. The van der Waals surface area contributed by atoms with Crippen LogP contribution in [-0.4, -0.2) is 13.2 Å². The summed E-state index contributed by atoms with van der Waals surface area (Å²) in [6.45, 7) is 1.86. The maximum Gasteiger partial charge on any atom is 0.0471 e. The van der Waals surface area contributed by atoms with E-state index in [1.54, 1.807) is 11.3 Å². The zero-order valence-electron chi connectivity index (χ0n) is 7.61. The lowest BCUT2D eigenvalue weighted by molar-refractivity contribution is 0.0787. The molecule has 1 nitrogen and oxygen atoms in total. The van der Waals surface area contributed by atoms with Gasteiger partial charge in [-0.05, 0) is 41.1 Å². The number of rotatable bonds is 2. The lowest BCUT2D eigenvalue weighted by Crippen LogP contribution is -2.13. The normalized spacial score (nSPS) is 19.7. The van der Waals surface area contributed by atoms with E-state index in [9.17, 15) is 0 Å². The van der Waals surface area contributed by atoms with Gasteiger partial charge in [0.2, 0.25) is 0 Å². The zero-order valence-corrected chi connectivity index (χ0v) is 8.43. The zero-order chi connectivity index (χ0) is 8.93. The van der Waals surface area contributed by atoms with Crippen molar-refractivity contribution in [2.24, 2.45) is 5.92 Å². The summed E-state index contributed by atoms with van der Waals surface area (Å²) in [5.41, 5.74) is 1.33. The van der Waals surface area contributed by atoms with Crippen LogP contribution in [-0.2, 0) is 4.74 Å². The smallest absolute Gasteiger partial charge is 0.0471 e. The van der Waals surface area contributed by atoms with Crippen molar-refractivity contribution in [2.75, 3.05) is 13.2 Å². The van der Waals surface area contributed by atoms with Gasteiger partial charge in [0.1, 0.15) is 0 Å². The van der Waals surface area contributed by atoms with Gasteiger partial charge in [-0.2, -0.15) is 11.3 Å². The van der Waals surface area contributed by atoms with Crippen molar-refractivity contribution in [3.05, 3.63) is 28.5 Å². The molecule has 0 amide bonds. The third kappa shape index (κ3) is 2.68. The summed E-state index contributed by atoms with van der Waals surface area (Å²) < 4.78 is 5.30. The first-order valence-electron chi connectivity index (χ1n) is 4.73. The standard InChI is InChI=1S/C11H14OS/c1(2-11-5-8-13-9-11)10-3-6-12-7-4-10/h1-2,5,8-10H,3-4,6-7H2/b2-1+. The van der Waals surface area contributed by atoms with Crippen molar-refractivity contribution in [2.45, 2.75) is 12.8 Å². The average Bonchev–Trinajstić information content (AvgIpc) is 2.69. The minimum atomic E-state index is 0.730. The molecule has 2 rings (SSSR count). The van der Waals surface area contributed by atoms with Gasteiger partial charge in [0.05, 0.1) is 0 Å². The molecule has 0 saturated carbocycles. The highest BCUT2D eigenvalue weighted by Gasteiger charge is 2.09. The molecule has 0 radical (unpaired) electrons. The highest BCUT2D eigenvalue weighted by molar-refractivity contribution is 7.08. The molecule has 0 unspecified atom stereocenters. The lowest BCUT2D eigenvalue weighted by atomic mass is 9.99. The Morgan fingerprint density at radius 2 is 2.23 bits per heavy atom. The Morgan fingerprint density at radius 1 is 1.38 bits per heavy atom. The second-order valence-corrected chi connectivity index (χ2v) is 4.15. The van der Waals surface area contributed by atoms with Gasteiger partial charge < -0.3 is 4.74 Å². The molecule has 0 bridgehead atoms. The molecular formula is C11H14OS. The van der Waals surface area contributed by atoms with Gasteiger partial charge in [-0.15, -0.1) is 0 Å². The summed E-state index contributed by atoms with van der Waals surface area (Å²) >= 11 is 1.75. The largest absolute Gasteiger partial charge is 0.381 e. The topological polar surface area (TPSA) is 9.23 Å². The van der Waals surface area contributed by atoms with Crippen molar-refractivity contribution >= 4 is 17.4 Å². The minimum absolute atomic E-state index is 0.730. The predicted octanol–water partition coefficient (Wildman–Crippen LogP) is 3.19. The van der Waals surface area contributed by atoms with E-state index in [4.69, 9.17) is 4.74 Å². The van der Waals surface area contributed by atoms with E-state index in [0.717, 1.165) is 19.1 Å². The number of hydrogen-bond donors (Lipinski definition) is 0. The summed E-state index contributed by atoms with van der Waals surface area (Å²) in [5, 5.41) is 4.29. The molecule has 0 N–H and O–H groups in total. The highest BCUT2D eigenvalue weighted by Crippen LogP contribution is 2.18. The average molecular weight is 194 g/mol. The van der Waals surface area contributed by atoms with Gasteiger partial charge in [-0.3, -0.25) is 0 Å². The van der Waals surface area contributed by atoms with Crippen LogP contribution in [0.15, 0.2) is 22.9 Å². The Morgan fingerprint density at radius 3 is 2.92 bits per heavy atom. The highest BCUT2D eigenvalue weighted by atomic mass is 32.1. The van der Waals surface area contributed by atoms with Crippen LogP contribution >= 0.6 is 11.3 Å². The summed E-state index contributed by atoms with van der Waals surface area (Å²) in [4.78, 5) is 0. The van der Waals surface area contributed by atoms with E-state index in [0.29, 0.717) is 0 Å². The second kappa shape index (κ2) is 4.58. The Hall–Kier alpha value is -0.600. The van der Waals surface area contributed by atoms with Crippen molar-refractivity contribution in [3.63, 3.8) is 0 Å². The lowest BCUT2D eigenvalue weighted by Gasteiger charge is -2.18.